The Balaban J connectivity index is 2.99. The van der Waals surface area contributed by atoms with Gasteiger partial charge in [-0.2, -0.15) is 0 Å². The number of esters is 1. The number of pyridine rings is 1. The molecule has 0 atom stereocenters. The summed E-state index contributed by atoms with van der Waals surface area (Å²) in [7, 11) is 0. The van der Waals surface area contributed by atoms with Crippen LogP contribution in [0.4, 0.5) is 0 Å². The molecule has 0 radical (unpaired) electrons. The Hall–Kier alpha value is -1.09. The highest BCUT2D eigenvalue weighted by atomic mass is 35.5. The minimum Gasteiger partial charge on any atom is -0.461 e. The van der Waals surface area contributed by atoms with E-state index in [4.69, 9.17) is 16.3 Å². The number of aryl methyl sites for hydroxylation is 1. The normalized spacial score (nSPS) is 9.77. The Morgan fingerprint density at radius 1 is 1.62 bits per heavy atom. The minimum atomic E-state index is -0.428. The number of rotatable bonds is 2. The van der Waals surface area contributed by atoms with Crippen LogP contribution in [0, 0.1) is 6.92 Å². The standard InChI is InChI=1S/C9H10ClNO2/c1-3-13-9(12)8-6(2)4-5-7(10)11-8/h4-5H,3H2,1-2H3. The first-order chi connectivity index (χ1) is 6.15. The van der Waals surface area contributed by atoms with Gasteiger partial charge in [0.1, 0.15) is 5.15 Å². The van der Waals surface area contributed by atoms with E-state index in [0.717, 1.165) is 5.56 Å². The summed E-state index contributed by atoms with van der Waals surface area (Å²) < 4.78 is 4.80. The maximum Gasteiger partial charge on any atom is 0.357 e. The number of aromatic nitrogens is 1. The molecule has 4 heteroatoms. The third-order valence-corrected chi connectivity index (χ3v) is 1.74. The van der Waals surface area contributed by atoms with E-state index in [9.17, 15) is 4.79 Å². The lowest BCUT2D eigenvalue weighted by molar-refractivity contribution is 0.0518. The Labute approximate surface area is 81.7 Å². The van der Waals surface area contributed by atoms with Gasteiger partial charge in [0.05, 0.1) is 6.61 Å². The molecule has 0 fully saturated rings. The molecule has 3 nitrogen and oxygen atoms in total. The predicted molar refractivity (Wildman–Crippen MR) is 49.9 cm³/mol. The number of hydrogen-bond donors (Lipinski definition) is 0. The Bertz CT molecular complexity index is 325. The van der Waals surface area contributed by atoms with Crippen molar-refractivity contribution in [1.29, 1.82) is 0 Å². The van der Waals surface area contributed by atoms with Crippen LogP contribution in [0.1, 0.15) is 23.0 Å². The molecule has 0 bridgehead atoms. The van der Waals surface area contributed by atoms with Crippen LogP contribution in [0.15, 0.2) is 12.1 Å². The van der Waals surface area contributed by atoms with E-state index in [2.05, 4.69) is 4.98 Å². The summed E-state index contributed by atoms with van der Waals surface area (Å²) in [6, 6.07) is 3.38. The fraction of sp³-hybridized carbons (Fsp3) is 0.333. The molecule has 70 valence electrons. The van der Waals surface area contributed by atoms with Crippen molar-refractivity contribution in [3.05, 3.63) is 28.5 Å². The quantitative estimate of drug-likeness (QED) is 0.542. The molecule has 1 aromatic rings. The van der Waals surface area contributed by atoms with Crippen LogP contribution in [0.2, 0.25) is 5.15 Å². The van der Waals surface area contributed by atoms with Gasteiger partial charge in [-0.15, -0.1) is 0 Å². The lowest BCUT2D eigenvalue weighted by Gasteiger charge is -2.03. The Morgan fingerprint density at radius 2 is 2.31 bits per heavy atom. The third-order valence-electron chi connectivity index (χ3n) is 1.53. The molecule has 0 aliphatic rings. The minimum absolute atomic E-state index is 0.286. The largest absolute Gasteiger partial charge is 0.461 e. The van der Waals surface area contributed by atoms with Gasteiger partial charge < -0.3 is 4.74 Å². The molecule has 1 aromatic heterocycles. The first kappa shape index (κ1) is 9.99. The Kier molecular flexibility index (Phi) is 3.25. The molecule has 1 heterocycles. The molecule has 0 N–H and O–H groups in total. The van der Waals surface area contributed by atoms with Crippen molar-refractivity contribution >= 4 is 17.6 Å². The predicted octanol–water partition coefficient (Wildman–Crippen LogP) is 2.22. The number of nitrogens with zero attached hydrogens (tertiary/aromatic N) is 1. The molecule has 0 aliphatic carbocycles. The zero-order valence-electron chi connectivity index (χ0n) is 7.50. The molecule has 0 amide bonds. The van der Waals surface area contributed by atoms with Crippen LogP contribution in [-0.2, 0) is 4.74 Å². The molecule has 0 saturated carbocycles. The number of ether oxygens (including phenoxy) is 1. The average Bonchev–Trinajstić information content (AvgIpc) is 2.09. The van der Waals surface area contributed by atoms with Crippen molar-refractivity contribution in [3.63, 3.8) is 0 Å². The van der Waals surface area contributed by atoms with Crippen molar-refractivity contribution in [1.82, 2.24) is 4.98 Å². The maximum absolute atomic E-state index is 11.3. The highest BCUT2D eigenvalue weighted by Gasteiger charge is 2.11. The highest BCUT2D eigenvalue weighted by Crippen LogP contribution is 2.11. The number of hydrogen-bond acceptors (Lipinski definition) is 3. The van der Waals surface area contributed by atoms with Gasteiger partial charge in [-0.3, -0.25) is 0 Å². The van der Waals surface area contributed by atoms with E-state index in [1.807, 2.05) is 0 Å². The average molecular weight is 200 g/mol. The summed E-state index contributed by atoms with van der Waals surface area (Å²) in [5, 5.41) is 0.300. The van der Waals surface area contributed by atoms with Gasteiger partial charge in [0.25, 0.3) is 0 Å². The van der Waals surface area contributed by atoms with E-state index in [0.29, 0.717) is 11.8 Å². The summed E-state index contributed by atoms with van der Waals surface area (Å²) in [4.78, 5) is 15.2. The van der Waals surface area contributed by atoms with Crippen LogP contribution in [0.3, 0.4) is 0 Å². The van der Waals surface area contributed by atoms with Crippen LogP contribution in [0.5, 0.6) is 0 Å². The molecule has 0 saturated heterocycles. The van der Waals surface area contributed by atoms with Crippen LogP contribution >= 0.6 is 11.6 Å². The summed E-state index contributed by atoms with van der Waals surface area (Å²) in [5.74, 6) is -0.428. The molecule has 1 rings (SSSR count). The van der Waals surface area contributed by atoms with Crippen LogP contribution < -0.4 is 0 Å². The molecular formula is C9H10ClNO2. The van der Waals surface area contributed by atoms with E-state index >= 15 is 0 Å². The van der Waals surface area contributed by atoms with Gasteiger partial charge >= 0.3 is 5.97 Å². The summed E-state index contributed by atoms with van der Waals surface area (Å²) in [5.41, 5.74) is 1.05. The van der Waals surface area contributed by atoms with Gasteiger partial charge in [-0.1, -0.05) is 17.7 Å². The van der Waals surface area contributed by atoms with Gasteiger partial charge in [-0.05, 0) is 25.5 Å². The van der Waals surface area contributed by atoms with Crippen molar-refractivity contribution in [3.8, 4) is 0 Å². The molecule has 0 spiro atoms. The van der Waals surface area contributed by atoms with Crippen molar-refractivity contribution in [2.75, 3.05) is 6.61 Å². The lowest BCUT2D eigenvalue weighted by atomic mass is 10.2. The zero-order chi connectivity index (χ0) is 9.84. The smallest absolute Gasteiger partial charge is 0.357 e. The van der Waals surface area contributed by atoms with E-state index < -0.39 is 5.97 Å². The molecule has 0 aromatic carbocycles. The number of halogens is 1. The maximum atomic E-state index is 11.3. The van der Waals surface area contributed by atoms with E-state index in [1.165, 1.54) is 0 Å². The molecule has 0 aliphatic heterocycles. The van der Waals surface area contributed by atoms with E-state index in [-0.39, 0.29) is 5.69 Å². The fourth-order valence-corrected chi connectivity index (χ4v) is 1.06. The highest BCUT2D eigenvalue weighted by molar-refractivity contribution is 6.29. The second-order valence-electron chi connectivity index (χ2n) is 2.52. The van der Waals surface area contributed by atoms with Crippen LogP contribution in [0.25, 0.3) is 0 Å². The van der Waals surface area contributed by atoms with Crippen molar-refractivity contribution in [2.45, 2.75) is 13.8 Å². The molecular weight excluding hydrogens is 190 g/mol. The van der Waals surface area contributed by atoms with E-state index in [1.54, 1.807) is 26.0 Å². The SMILES string of the molecule is CCOC(=O)c1nc(Cl)ccc1C. The summed E-state index contributed by atoms with van der Waals surface area (Å²) >= 11 is 5.64. The van der Waals surface area contributed by atoms with Gasteiger partial charge in [-0.25, -0.2) is 9.78 Å². The fourth-order valence-electron chi connectivity index (χ4n) is 0.911. The Morgan fingerprint density at radius 3 is 2.92 bits per heavy atom. The van der Waals surface area contributed by atoms with Crippen molar-refractivity contribution < 1.29 is 9.53 Å². The molecule has 0 unspecified atom stereocenters. The second-order valence-corrected chi connectivity index (χ2v) is 2.91. The summed E-state index contributed by atoms with van der Waals surface area (Å²) in [6.45, 7) is 3.87. The van der Waals surface area contributed by atoms with Gasteiger partial charge in [0.15, 0.2) is 5.69 Å². The van der Waals surface area contributed by atoms with Gasteiger partial charge in [0.2, 0.25) is 0 Å². The topological polar surface area (TPSA) is 39.2 Å². The first-order valence-corrected chi connectivity index (χ1v) is 4.33. The number of carbonyl (C=O) groups is 1. The number of carbonyl (C=O) groups excluding carboxylic acids is 1. The summed E-state index contributed by atoms with van der Waals surface area (Å²) in [6.07, 6.45) is 0. The second kappa shape index (κ2) is 4.23. The van der Waals surface area contributed by atoms with Crippen LogP contribution in [-0.4, -0.2) is 17.6 Å². The van der Waals surface area contributed by atoms with Gasteiger partial charge in [0, 0.05) is 0 Å². The third kappa shape index (κ3) is 2.42. The monoisotopic (exact) mass is 199 g/mol. The molecule has 13 heavy (non-hydrogen) atoms. The zero-order valence-corrected chi connectivity index (χ0v) is 8.26. The first-order valence-electron chi connectivity index (χ1n) is 3.95. The van der Waals surface area contributed by atoms with Crippen molar-refractivity contribution in [2.24, 2.45) is 0 Å². The lowest BCUT2D eigenvalue weighted by Crippen LogP contribution is -2.09.